The number of aliphatic hydroxyl groups excluding tert-OH is 3. The van der Waals surface area contributed by atoms with E-state index in [4.69, 9.17) is 14.2 Å². The summed E-state index contributed by atoms with van der Waals surface area (Å²) in [6, 6.07) is 0. The van der Waals surface area contributed by atoms with E-state index < -0.39 is 12.2 Å². The molecule has 0 bridgehead atoms. The van der Waals surface area contributed by atoms with Crippen molar-refractivity contribution >= 4 is 5.97 Å². The third-order valence-corrected chi connectivity index (χ3v) is 10.1. The normalized spacial score (nSPS) is 27.4. The molecule has 3 aliphatic heterocycles. The number of ether oxygens (including phenoxy) is 3. The second-order valence-electron chi connectivity index (χ2n) is 14.0. The standard InChI is InChI=1S/C37H66O7/c1-3-4-5-6-7-8-9-12-15-19-30(38)20-17-22-32(40)34-24-26-36(44-34)35-25-23-33(43-35)31(39)21-16-13-10-11-14-18-29-27-28(2)42-37(29)41/h27-28,30-36,38-40H,3-26H2,1-2H3. The second-order valence-corrected chi connectivity index (χ2v) is 14.0. The lowest BCUT2D eigenvalue weighted by Crippen LogP contribution is -2.33. The Balaban J connectivity index is 1.16. The molecule has 8 atom stereocenters. The summed E-state index contributed by atoms with van der Waals surface area (Å²) < 4.78 is 17.7. The van der Waals surface area contributed by atoms with Gasteiger partial charge in [-0.3, -0.25) is 0 Å². The zero-order valence-electron chi connectivity index (χ0n) is 28.1. The average Bonchev–Trinajstić information content (AvgIpc) is 3.76. The van der Waals surface area contributed by atoms with E-state index in [2.05, 4.69) is 6.92 Å². The van der Waals surface area contributed by atoms with Crippen LogP contribution >= 0.6 is 0 Å². The van der Waals surface area contributed by atoms with Crippen LogP contribution in [-0.2, 0) is 19.0 Å². The van der Waals surface area contributed by atoms with Crippen molar-refractivity contribution < 1.29 is 34.3 Å². The molecule has 7 heteroatoms. The number of carbonyl (C=O) groups excluding carboxylic acids is 1. The molecular formula is C37H66O7. The fourth-order valence-corrected chi connectivity index (χ4v) is 7.28. The summed E-state index contributed by atoms with van der Waals surface area (Å²) in [6.07, 6.45) is 25.5. The van der Waals surface area contributed by atoms with Crippen LogP contribution in [0, 0.1) is 0 Å². The molecule has 0 amide bonds. The summed E-state index contributed by atoms with van der Waals surface area (Å²) in [5, 5.41) is 31.9. The molecule has 2 fully saturated rings. The number of carbonyl (C=O) groups is 1. The van der Waals surface area contributed by atoms with Gasteiger partial charge in [-0.25, -0.2) is 4.79 Å². The second kappa shape index (κ2) is 21.7. The lowest BCUT2D eigenvalue weighted by molar-refractivity contribution is -0.139. The first-order valence-electron chi connectivity index (χ1n) is 18.6. The Morgan fingerprint density at radius 3 is 1.68 bits per heavy atom. The Morgan fingerprint density at radius 2 is 1.14 bits per heavy atom. The van der Waals surface area contributed by atoms with Crippen LogP contribution in [0.25, 0.3) is 0 Å². The van der Waals surface area contributed by atoms with Gasteiger partial charge < -0.3 is 29.5 Å². The van der Waals surface area contributed by atoms with Crippen LogP contribution in [0.2, 0.25) is 0 Å². The van der Waals surface area contributed by atoms with Gasteiger partial charge in [-0.15, -0.1) is 0 Å². The number of cyclic esters (lactones) is 1. The zero-order valence-corrected chi connectivity index (χ0v) is 28.1. The highest BCUT2D eigenvalue weighted by Gasteiger charge is 2.40. The summed E-state index contributed by atoms with van der Waals surface area (Å²) in [5.41, 5.74) is 0.822. The van der Waals surface area contributed by atoms with Gasteiger partial charge in [0.2, 0.25) is 0 Å². The van der Waals surface area contributed by atoms with Gasteiger partial charge in [0.15, 0.2) is 0 Å². The van der Waals surface area contributed by atoms with Gasteiger partial charge >= 0.3 is 5.97 Å². The summed E-state index contributed by atoms with van der Waals surface area (Å²) in [4.78, 5) is 11.7. The third kappa shape index (κ3) is 14.2. The zero-order chi connectivity index (χ0) is 31.6. The van der Waals surface area contributed by atoms with E-state index in [9.17, 15) is 20.1 Å². The van der Waals surface area contributed by atoms with Crippen molar-refractivity contribution in [1.82, 2.24) is 0 Å². The topological polar surface area (TPSA) is 105 Å². The molecule has 0 radical (unpaired) electrons. The van der Waals surface area contributed by atoms with Crippen LogP contribution in [0.3, 0.4) is 0 Å². The van der Waals surface area contributed by atoms with E-state index in [-0.39, 0.29) is 42.6 Å². The van der Waals surface area contributed by atoms with Gasteiger partial charge in [0.1, 0.15) is 6.10 Å². The van der Waals surface area contributed by atoms with Crippen molar-refractivity contribution in [3.63, 3.8) is 0 Å². The molecule has 0 aliphatic carbocycles. The van der Waals surface area contributed by atoms with Gasteiger partial charge in [-0.2, -0.15) is 0 Å². The van der Waals surface area contributed by atoms with Crippen molar-refractivity contribution in [2.24, 2.45) is 0 Å². The Labute approximate surface area is 268 Å². The minimum atomic E-state index is -0.491. The van der Waals surface area contributed by atoms with E-state index in [1.165, 1.54) is 51.4 Å². The molecule has 3 heterocycles. The SMILES string of the molecule is CCCCCCCCCCCC(O)CCCC(O)C1CCC(C2CCC(C(O)CCCCCCCC3=CC(C)OC3=O)O2)O1. The van der Waals surface area contributed by atoms with Crippen LogP contribution in [0.4, 0.5) is 0 Å². The van der Waals surface area contributed by atoms with Crippen molar-refractivity contribution in [3.8, 4) is 0 Å². The highest BCUT2D eigenvalue weighted by atomic mass is 16.6. The Hall–Kier alpha value is -0.990. The summed E-state index contributed by atoms with van der Waals surface area (Å²) in [5.74, 6) is -0.157. The van der Waals surface area contributed by atoms with Gasteiger partial charge in [0, 0.05) is 5.57 Å². The minimum Gasteiger partial charge on any atom is -0.455 e. The molecule has 2 saturated heterocycles. The first-order chi connectivity index (χ1) is 21.4. The maximum absolute atomic E-state index is 11.7. The highest BCUT2D eigenvalue weighted by molar-refractivity contribution is 5.90. The van der Waals surface area contributed by atoms with Gasteiger partial charge in [0.05, 0.1) is 42.7 Å². The molecule has 3 N–H and O–H groups in total. The molecule has 3 aliphatic rings. The largest absolute Gasteiger partial charge is 0.455 e. The van der Waals surface area contributed by atoms with Crippen LogP contribution in [0.15, 0.2) is 11.6 Å². The molecule has 256 valence electrons. The van der Waals surface area contributed by atoms with Crippen LogP contribution in [-0.4, -0.2) is 70.1 Å². The predicted molar refractivity (Wildman–Crippen MR) is 175 cm³/mol. The van der Waals surface area contributed by atoms with Gasteiger partial charge in [-0.1, -0.05) is 90.4 Å². The first-order valence-corrected chi connectivity index (χ1v) is 18.6. The molecule has 8 unspecified atom stereocenters. The first kappa shape index (κ1) is 37.5. The Bertz CT molecular complexity index is 801. The van der Waals surface area contributed by atoms with Gasteiger partial charge in [0.25, 0.3) is 0 Å². The van der Waals surface area contributed by atoms with E-state index in [1.54, 1.807) is 0 Å². The van der Waals surface area contributed by atoms with Crippen molar-refractivity contribution in [3.05, 3.63) is 11.6 Å². The molecule has 0 saturated carbocycles. The van der Waals surface area contributed by atoms with Crippen molar-refractivity contribution in [1.29, 1.82) is 0 Å². The molecule has 0 aromatic carbocycles. The molecule has 3 rings (SSSR count). The van der Waals surface area contributed by atoms with E-state index in [1.807, 2.05) is 13.0 Å². The maximum Gasteiger partial charge on any atom is 0.334 e. The quantitative estimate of drug-likeness (QED) is 0.0703. The smallest absolute Gasteiger partial charge is 0.334 e. The number of hydrogen-bond acceptors (Lipinski definition) is 7. The van der Waals surface area contributed by atoms with E-state index >= 15 is 0 Å². The molecule has 7 nitrogen and oxygen atoms in total. The Morgan fingerprint density at radius 1 is 0.659 bits per heavy atom. The van der Waals surface area contributed by atoms with E-state index in [0.717, 1.165) is 102 Å². The van der Waals surface area contributed by atoms with Crippen molar-refractivity contribution in [2.75, 3.05) is 0 Å². The van der Waals surface area contributed by atoms with Crippen molar-refractivity contribution in [2.45, 2.75) is 217 Å². The molecular weight excluding hydrogens is 556 g/mol. The number of rotatable bonds is 25. The summed E-state index contributed by atoms with van der Waals surface area (Å²) in [6.45, 7) is 4.15. The lowest BCUT2D eigenvalue weighted by Gasteiger charge is -2.24. The minimum absolute atomic E-state index is 0.000614. The van der Waals surface area contributed by atoms with E-state index in [0.29, 0.717) is 6.42 Å². The molecule has 0 aromatic rings. The fraction of sp³-hybridized carbons (Fsp3) is 0.919. The molecule has 0 spiro atoms. The Kier molecular flexibility index (Phi) is 18.5. The molecule has 44 heavy (non-hydrogen) atoms. The molecule has 0 aromatic heterocycles. The lowest BCUT2D eigenvalue weighted by atomic mass is 9.99. The monoisotopic (exact) mass is 622 g/mol. The van der Waals surface area contributed by atoms with Crippen LogP contribution in [0.5, 0.6) is 0 Å². The number of unbranched alkanes of at least 4 members (excludes halogenated alkanes) is 12. The van der Waals surface area contributed by atoms with Crippen LogP contribution < -0.4 is 0 Å². The third-order valence-electron chi connectivity index (χ3n) is 10.1. The van der Waals surface area contributed by atoms with Gasteiger partial charge in [-0.05, 0) is 83.6 Å². The summed E-state index contributed by atoms with van der Waals surface area (Å²) in [7, 11) is 0. The number of esters is 1. The highest BCUT2D eigenvalue weighted by Crippen LogP contribution is 2.34. The average molecular weight is 623 g/mol. The fourth-order valence-electron chi connectivity index (χ4n) is 7.28. The maximum atomic E-state index is 11.7. The van der Waals surface area contributed by atoms with Crippen LogP contribution in [0.1, 0.15) is 168 Å². The number of aliphatic hydroxyl groups is 3. The predicted octanol–water partition coefficient (Wildman–Crippen LogP) is 7.86. The number of hydrogen-bond donors (Lipinski definition) is 3. The summed E-state index contributed by atoms with van der Waals surface area (Å²) >= 11 is 0.